The summed E-state index contributed by atoms with van der Waals surface area (Å²) in [6, 6.07) is 8.55. The number of carbonyl (C=O) groups excluding carboxylic acids is 1. The number of nitrogens with zero attached hydrogens (tertiary/aromatic N) is 5. The number of aromatic nitrogens is 3. The fraction of sp³-hybridized carbons (Fsp3) is 0.318. The van der Waals surface area contributed by atoms with Crippen LogP contribution < -0.4 is 4.90 Å². The number of rotatable bonds is 3. The van der Waals surface area contributed by atoms with Gasteiger partial charge in [0.05, 0.1) is 23.0 Å². The third-order valence-electron chi connectivity index (χ3n) is 5.50. The van der Waals surface area contributed by atoms with E-state index in [9.17, 15) is 22.4 Å². The number of amides is 1. The van der Waals surface area contributed by atoms with Crippen LogP contribution in [-0.4, -0.2) is 51.8 Å². The van der Waals surface area contributed by atoms with Gasteiger partial charge in [-0.1, -0.05) is 12.1 Å². The highest BCUT2D eigenvalue weighted by molar-refractivity contribution is 5.95. The molecular formula is C22H21F4N5O. The van der Waals surface area contributed by atoms with Crippen molar-refractivity contribution < 1.29 is 22.4 Å². The van der Waals surface area contributed by atoms with Crippen LogP contribution in [0.5, 0.6) is 0 Å². The van der Waals surface area contributed by atoms with E-state index in [4.69, 9.17) is 0 Å². The molecule has 0 atom stereocenters. The van der Waals surface area contributed by atoms with Gasteiger partial charge in [-0.25, -0.2) is 14.1 Å². The lowest BCUT2D eigenvalue weighted by molar-refractivity contribution is -0.137. The standard InChI is InChI=1S/C22H21F4N5O/c1-15-17(14-28-31(15)19-6-3-2-5-18(19)23)21(32)30-10-4-9-29(11-12-30)20-8-7-16(13-27-20)22(24,25)26/h2-3,5-8,13-14H,4,9-12H2,1H3. The SMILES string of the molecule is Cc1c(C(=O)N2CCCN(c3ccc(C(F)(F)F)cn3)CC2)cnn1-c1ccccc1F. The molecule has 0 bridgehead atoms. The van der Waals surface area contributed by atoms with Crippen molar-refractivity contribution >= 4 is 11.7 Å². The van der Waals surface area contributed by atoms with Crippen molar-refractivity contribution in [1.82, 2.24) is 19.7 Å². The number of anilines is 1. The Hall–Kier alpha value is -3.43. The average molecular weight is 447 g/mol. The Labute approximate surface area is 182 Å². The van der Waals surface area contributed by atoms with E-state index in [0.717, 1.165) is 12.3 Å². The molecule has 1 aliphatic heterocycles. The van der Waals surface area contributed by atoms with Crippen molar-refractivity contribution in [1.29, 1.82) is 0 Å². The lowest BCUT2D eigenvalue weighted by Gasteiger charge is -2.23. The lowest BCUT2D eigenvalue weighted by atomic mass is 10.2. The van der Waals surface area contributed by atoms with Crippen LogP contribution in [0.15, 0.2) is 48.8 Å². The Bertz CT molecular complexity index is 1110. The van der Waals surface area contributed by atoms with E-state index in [0.29, 0.717) is 49.7 Å². The minimum absolute atomic E-state index is 0.215. The van der Waals surface area contributed by atoms with Gasteiger partial charge in [-0.2, -0.15) is 18.3 Å². The Morgan fingerprint density at radius 3 is 2.47 bits per heavy atom. The lowest BCUT2D eigenvalue weighted by Crippen LogP contribution is -2.35. The van der Waals surface area contributed by atoms with E-state index in [-0.39, 0.29) is 11.6 Å². The van der Waals surface area contributed by atoms with Crippen LogP contribution in [0.4, 0.5) is 23.4 Å². The third-order valence-corrected chi connectivity index (χ3v) is 5.50. The topological polar surface area (TPSA) is 54.3 Å². The first-order chi connectivity index (χ1) is 15.3. The van der Waals surface area contributed by atoms with Crippen molar-refractivity contribution in [3.8, 4) is 5.69 Å². The molecule has 0 radical (unpaired) electrons. The summed E-state index contributed by atoms with van der Waals surface area (Å²) in [6.45, 7) is 3.58. The van der Waals surface area contributed by atoms with Crippen molar-refractivity contribution in [2.75, 3.05) is 31.1 Å². The van der Waals surface area contributed by atoms with Gasteiger partial charge in [-0.3, -0.25) is 4.79 Å². The summed E-state index contributed by atoms with van der Waals surface area (Å²) in [5, 5.41) is 4.19. The van der Waals surface area contributed by atoms with Crippen LogP contribution in [-0.2, 0) is 6.18 Å². The second kappa shape index (κ2) is 8.60. The van der Waals surface area contributed by atoms with Crippen LogP contribution in [0.1, 0.15) is 28.0 Å². The molecule has 0 spiro atoms. The van der Waals surface area contributed by atoms with Gasteiger partial charge in [-0.15, -0.1) is 0 Å². The smallest absolute Gasteiger partial charge is 0.355 e. The molecule has 0 N–H and O–H groups in total. The Morgan fingerprint density at radius 2 is 1.78 bits per heavy atom. The molecule has 1 aromatic carbocycles. The van der Waals surface area contributed by atoms with Gasteiger partial charge in [0.1, 0.15) is 17.3 Å². The van der Waals surface area contributed by atoms with Gasteiger partial charge < -0.3 is 9.80 Å². The van der Waals surface area contributed by atoms with Gasteiger partial charge in [0.2, 0.25) is 0 Å². The van der Waals surface area contributed by atoms with E-state index in [1.807, 2.05) is 4.90 Å². The fourth-order valence-electron chi connectivity index (χ4n) is 3.75. The second-order valence-corrected chi connectivity index (χ2v) is 7.54. The van der Waals surface area contributed by atoms with E-state index in [1.54, 1.807) is 30.0 Å². The second-order valence-electron chi connectivity index (χ2n) is 7.54. The van der Waals surface area contributed by atoms with Gasteiger partial charge in [0.25, 0.3) is 5.91 Å². The molecule has 1 amide bonds. The molecule has 1 fully saturated rings. The molecular weight excluding hydrogens is 426 g/mol. The summed E-state index contributed by atoms with van der Waals surface area (Å²) in [6.07, 6.45) is -1.54. The number of hydrogen-bond acceptors (Lipinski definition) is 4. The molecule has 1 saturated heterocycles. The number of carbonyl (C=O) groups is 1. The zero-order valence-corrected chi connectivity index (χ0v) is 17.3. The molecule has 0 saturated carbocycles. The first-order valence-corrected chi connectivity index (χ1v) is 10.1. The van der Waals surface area contributed by atoms with Crippen molar-refractivity contribution in [2.24, 2.45) is 0 Å². The van der Waals surface area contributed by atoms with Crippen molar-refractivity contribution in [3.63, 3.8) is 0 Å². The van der Waals surface area contributed by atoms with Gasteiger partial charge >= 0.3 is 6.18 Å². The van der Waals surface area contributed by atoms with E-state index >= 15 is 0 Å². The highest BCUT2D eigenvalue weighted by Gasteiger charge is 2.31. The summed E-state index contributed by atoms with van der Waals surface area (Å²) in [4.78, 5) is 20.6. The predicted molar refractivity (Wildman–Crippen MR) is 110 cm³/mol. The predicted octanol–water partition coefficient (Wildman–Crippen LogP) is 4.09. The maximum atomic E-state index is 14.1. The molecule has 32 heavy (non-hydrogen) atoms. The molecule has 0 unspecified atom stereocenters. The number of hydrogen-bond donors (Lipinski definition) is 0. The number of pyridine rings is 1. The zero-order chi connectivity index (χ0) is 22.9. The summed E-state index contributed by atoms with van der Waals surface area (Å²) in [7, 11) is 0. The maximum absolute atomic E-state index is 14.1. The highest BCUT2D eigenvalue weighted by Crippen LogP contribution is 2.29. The first-order valence-electron chi connectivity index (χ1n) is 10.1. The largest absolute Gasteiger partial charge is 0.417 e. The Morgan fingerprint density at radius 1 is 1.00 bits per heavy atom. The molecule has 6 nitrogen and oxygen atoms in total. The molecule has 1 aliphatic rings. The van der Waals surface area contributed by atoms with Crippen LogP contribution in [0.2, 0.25) is 0 Å². The Kier molecular flexibility index (Phi) is 5.86. The van der Waals surface area contributed by atoms with E-state index in [2.05, 4.69) is 10.1 Å². The maximum Gasteiger partial charge on any atom is 0.417 e. The van der Waals surface area contributed by atoms with Crippen molar-refractivity contribution in [2.45, 2.75) is 19.5 Å². The molecule has 3 heterocycles. The number of alkyl halides is 3. The number of halogens is 4. The van der Waals surface area contributed by atoms with Gasteiger partial charge in [0, 0.05) is 32.4 Å². The van der Waals surface area contributed by atoms with Crippen LogP contribution in [0, 0.1) is 12.7 Å². The van der Waals surface area contributed by atoms with Crippen LogP contribution in [0.25, 0.3) is 5.69 Å². The van der Waals surface area contributed by atoms with E-state index < -0.39 is 17.6 Å². The minimum atomic E-state index is -4.43. The van der Waals surface area contributed by atoms with Gasteiger partial charge in [-0.05, 0) is 37.6 Å². The summed E-state index contributed by atoms with van der Waals surface area (Å²) < 4.78 is 53.8. The highest BCUT2D eigenvalue weighted by atomic mass is 19.4. The van der Waals surface area contributed by atoms with Crippen LogP contribution in [0.3, 0.4) is 0 Å². The normalized spacial score (nSPS) is 15.0. The molecule has 2 aromatic heterocycles. The monoisotopic (exact) mass is 447 g/mol. The molecule has 3 aromatic rings. The van der Waals surface area contributed by atoms with Crippen molar-refractivity contribution in [3.05, 3.63) is 71.4 Å². The summed E-state index contributed by atoms with van der Waals surface area (Å²) in [5.74, 6) is -0.213. The minimum Gasteiger partial charge on any atom is -0.355 e. The third kappa shape index (κ3) is 4.30. The van der Waals surface area contributed by atoms with Crippen LogP contribution >= 0.6 is 0 Å². The quantitative estimate of drug-likeness (QED) is 0.568. The number of benzene rings is 1. The summed E-state index contributed by atoms with van der Waals surface area (Å²) >= 11 is 0. The first kappa shape index (κ1) is 21.8. The number of para-hydroxylation sites is 1. The van der Waals surface area contributed by atoms with E-state index in [1.165, 1.54) is 23.0 Å². The molecule has 0 aliphatic carbocycles. The Balaban J connectivity index is 1.47. The fourth-order valence-corrected chi connectivity index (χ4v) is 3.75. The zero-order valence-electron chi connectivity index (χ0n) is 17.3. The molecule has 10 heteroatoms. The average Bonchev–Trinajstić information content (AvgIpc) is 2.98. The molecule has 168 valence electrons. The van der Waals surface area contributed by atoms with Gasteiger partial charge in [0.15, 0.2) is 0 Å². The summed E-state index contributed by atoms with van der Waals surface area (Å²) in [5.41, 5.74) is 0.384. The molecule has 4 rings (SSSR count).